The molecule has 2 aromatic rings. The van der Waals surface area contributed by atoms with Gasteiger partial charge in [0.15, 0.2) is 0 Å². The van der Waals surface area contributed by atoms with Crippen LogP contribution in [0.25, 0.3) is 10.9 Å². The molecule has 4 nitrogen and oxygen atoms in total. The molecule has 23 heavy (non-hydrogen) atoms. The van der Waals surface area contributed by atoms with Gasteiger partial charge in [-0.2, -0.15) is 0 Å². The van der Waals surface area contributed by atoms with Crippen molar-refractivity contribution in [1.82, 2.24) is 4.57 Å². The third-order valence-corrected chi connectivity index (χ3v) is 5.11. The van der Waals surface area contributed by atoms with E-state index in [9.17, 15) is 9.90 Å². The molecule has 0 aliphatic heterocycles. The Balaban J connectivity index is 2.46. The van der Waals surface area contributed by atoms with Gasteiger partial charge in [-0.25, -0.2) is 4.79 Å². The molecule has 5 heteroatoms. The number of ether oxygens (including phenoxy) is 1. The molecular formula is C18H27NO3Si. The zero-order valence-electron chi connectivity index (χ0n) is 14.9. The number of hydrogen-bond acceptors (Lipinski definition) is 3. The SMILES string of the molecule is CC(C)(C)OC(=O)n1cc(C(O)C[Si](C)(C)C)c2ccccc21. The molecule has 0 fully saturated rings. The monoisotopic (exact) mass is 333 g/mol. The van der Waals surface area contributed by atoms with Crippen molar-refractivity contribution in [3.63, 3.8) is 0 Å². The van der Waals surface area contributed by atoms with Gasteiger partial charge in [-0.1, -0.05) is 37.8 Å². The van der Waals surface area contributed by atoms with E-state index in [-0.39, 0.29) is 0 Å². The van der Waals surface area contributed by atoms with Gasteiger partial charge in [0.25, 0.3) is 0 Å². The topological polar surface area (TPSA) is 51.5 Å². The van der Waals surface area contributed by atoms with E-state index in [4.69, 9.17) is 4.74 Å². The molecule has 1 aromatic carbocycles. The van der Waals surface area contributed by atoms with E-state index in [2.05, 4.69) is 19.6 Å². The second-order valence-corrected chi connectivity index (χ2v) is 13.8. The van der Waals surface area contributed by atoms with E-state index in [0.29, 0.717) is 0 Å². The molecule has 0 amide bonds. The highest BCUT2D eigenvalue weighted by atomic mass is 28.3. The Morgan fingerprint density at radius 2 is 1.87 bits per heavy atom. The molecule has 126 valence electrons. The fourth-order valence-electron chi connectivity index (χ4n) is 2.62. The molecule has 1 atom stereocenters. The lowest BCUT2D eigenvalue weighted by Gasteiger charge is -2.20. The molecule has 0 radical (unpaired) electrons. The minimum absolute atomic E-state index is 0.417. The Morgan fingerprint density at radius 1 is 1.26 bits per heavy atom. The molecular weight excluding hydrogens is 306 g/mol. The van der Waals surface area contributed by atoms with Crippen LogP contribution in [-0.4, -0.2) is 29.4 Å². The first-order chi connectivity index (χ1) is 10.5. The average Bonchev–Trinajstić information content (AvgIpc) is 2.74. The van der Waals surface area contributed by atoms with Crippen molar-refractivity contribution in [3.05, 3.63) is 36.0 Å². The third-order valence-electron chi connectivity index (χ3n) is 3.50. The highest BCUT2D eigenvalue weighted by Crippen LogP contribution is 2.32. The second-order valence-electron chi connectivity index (χ2n) is 8.23. The summed E-state index contributed by atoms with van der Waals surface area (Å²) in [6, 6.07) is 8.39. The number of aromatic nitrogens is 1. The van der Waals surface area contributed by atoms with E-state index in [0.717, 1.165) is 22.5 Å². The molecule has 1 unspecified atom stereocenters. The van der Waals surface area contributed by atoms with Crippen LogP contribution in [0.15, 0.2) is 30.5 Å². The summed E-state index contributed by atoms with van der Waals surface area (Å²) in [7, 11) is -1.42. The summed E-state index contributed by atoms with van der Waals surface area (Å²) in [4.78, 5) is 12.5. The van der Waals surface area contributed by atoms with Crippen molar-refractivity contribution in [2.75, 3.05) is 0 Å². The van der Waals surface area contributed by atoms with Gasteiger partial charge in [-0.3, -0.25) is 4.57 Å². The van der Waals surface area contributed by atoms with Gasteiger partial charge in [0.1, 0.15) is 5.60 Å². The lowest BCUT2D eigenvalue weighted by molar-refractivity contribution is 0.0544. The van der Waals surface area contributed by atoms with Gasteiger partial charge in [-0.15, -0.1) is 0 Å². The molecule has 0 saturated carbocycles. The molecule has 0 aliphatic carbocycles. The summed E-state index contributed by atoms with van der Waals surface area (Å²) in [5, 5.41) is 11.6. The van der Waals surface area contributed by atoms with Crippen molar-refractivity contribution in [3.8, 4) is 0 Å². The quantitative estimate of drug-likeness (QED) is 0.821. The Hall–Kier alpha value is -1.59. The smallest absolute Gasteiger partial charge is 0.419 e. The van der Waals surface area contributed by atoms with Crippen LogP contribution in [0.4, 0.5) is 4.79 Å². The Labute approximate surface area is 139 Å². The zero-order valence-corrected chi connectivity index (χ0v) is 15.9. The van der Waals surface area contributed by atoms with E-state index < -0.39 is 25.9 Å². The van der Waals surface area contributed by atoms with Crippen molar-refractivity contribution in [2.45, 2.75) is 58.2 Å². The van der Waals surface area contributed by atoms with Gasteiger partial charge in [0.2, 0.25) is 0 Å². The molecule has 1 N–H and O–H groups in total. The maximum atomic E-state index is 12.5. The van der Waals surface area contributed by atoms with Crippen molar-refractivity contribution >= 4 is 25.1 Å². The number of rotatable bonds is 3. The molecule has 1 aromatic heterocycles. The Morgan fingerprint density at radius 3 is 2.43 bits per heavy atom. The second kappa shape index (κ2) is 6.13. The van der Waals surface area contributed by atoms with Crippen LogP contribution in [0, 0.1) is 0 Å². The molecule has 0 saturated heterocycles. The largest absolute Gasteiger partial charge is 0.443 e. The number of carbonyl (C=O) groups excluding carboxylic acids is 1. The summed E-state index contributed by atoms with van der Waals surface area (Å²) in [6.45, 7) is 12.2. The first-order valence-corrected chi connectivity index (χ1v) is 11.7. The van der Waals surface area contributed by atoms with Crippen LogP contribution < -0.4 is 0 Å². The third kappa shape index (κ3) is 4.45. The Bertz CT molecular complexity index is 707. The first kappa shape index (κ1) is 17.8. The lowest BCUT2D eigenvalue weighted by atomic mass is 10.1. The van der Waals surface area contributed by atoms with Crippen molar-refractivity contribution in [1.29, 1.82) is 0 Å². The number of para-hydroxylation sites is 1. The highest BCUT2D eigenvalue weighted by molar-refractivity contribution is 6.76. The van der Waals surface area contributed by atoms with Crippen molar-refractivity contribution in [2.24, 2.45) is 0 Å². The first-order valence-electron chi connectivity index (χ1n) is 7.99. The standard InChI is InChI=1S/C18H27NO3Si/c1-18(2,3)22-17(21)19-11-14(16(20)12-23(4,5)6)13-9-7-8-10-15(13)19/h7-11,16,20H,12H2,1-6H3. The summed E-state index contributed by atoms with van der Waals surface area (Å²) in [5.41, 5.74) is 1.01. The maximum absolute atomic E-state index is 12.5. The predicted molar refractivity (Wildman–Crippen MR) is 96.7 cm³/mol. The average molecular weight is 334 g/mol. The highest BCUT2D eigenvalue weighted by Gasteiger charge is 2.25. The van der Waals surface area contributed by atoms with Crippen molar-refractivity contribution < 1.29 is 14.6 Å². The van der Waals surface area contributed by atoms with Gasteiger partial charge in [0.05, 0.1) is 11.6 Å². The molecule has 1 heterocycles. The fraction of sp³-hybridized carbons (Fsp3) is 0.500. The van der Waals surface area contributed by atoms with Gasteiger partial charge < -0.3 is 9.84 Å². The molecule has 2 rings (SSSR count). The van der Waals surface area contributed by atoms with Crippen LogP contribution in [-0.2, 0) is 4.74 Å². The van der Waals surface area contributed by atoms with Gasteiger partial charge >= 0.3 is 6.09 Å². The molecule has 0 spiro atoms. The molecule has 0 bridgehead atoms. The van der Waals surface area contributed by atoms with Gasteiger partial charge in [0, 0.05) is 25.2 Å². The number of aliphatic hydroxyl groups is 1. The summed E-state index contributed by atoms with van der Waals surface area (Å²) < 4.78 is 6.98. The zero-order chi connectivity index (χ0) is 17.4. The minimum atomic E-state index is -1.42. The lowest BCUT2D eigenvalue weighted by Crippen LogP contribution is -2.26. The van der Waals surface area contributed by atoms with Crippen LogP contribution in [0.3, 0.4) is 0 Å². The number of benzene rings is 1. The predicted octanol–water partition coefficient (Wildman–Crippen LogP) is 4.80. The number of fused-ring (bicyclic) bond motifs is 1. The van der Waals surface area contributed by atoms with E-state index in [1.165, 1.54) is 4.57 Å². The van der Waals surface area contributed by atoms with Gasteiger partial charge in [-0.05, 0) is 32.9 Å². The minimum Gasteiger partial charge on any atom is -0.443 e. The van der Waals surface area contributed by atoms with Crippen LogP contribution in [0.1, 0.15) is 32.4 Å². The maximum Gasteiger partial charge on any atom is 0.419 e. The Kier molecular flexibility index (Phi) is 4.73. The van der Waals surface area contributed by atoms with E-state index in [1.54, 1.807) is 6.20 Å². The van der Waals surface area contributed by atoms with Crippen LogP contribution >= 0.6 is 0 Å². The summed E-state index contributed by atoms with van der Waals surface area (Å²) in [6.07, 6.45) is 0.749. The molecule has 0 aliphatic rings. The van der Waals surface area contributed by atoms with Crippen LogP contribution in [0.5, 0.6) is 0 Å². The van der Waals surface area contributed by atoms with Crippen LogP contribution in [0.2, 0.25) is 25.7 Å². The normalized spacial score (nSPS) is 14.0. The summed E-state index contributed by atoms with van der Waals surface area (Å²) in [5.74, 6) is 0. The fourth-order valence-corrected chi connectivity index (χ4v) is 4.00. The summed E-state index contributed by atoms with van der Waals surface area (Å²) >= 11 is 0. The number of carbonyl (C=O) groups is 1. The van der Waals surface area contributed by atoms with E-state index in [1.807, 2.05) is 45.0 Å². The number of aliphatic hydroxyl groups excluding tert-OH is 1. The number of hydrogen-bond donors (Lipinski definition) is 1. The van der Waals surface area contributed by atoms with E-state index >= 15 is 0 Å². The number of nitrogens with zero attached hydrogens (tertiary/aromatic N) is 1.